The summed E-state index contributed by atoms with van der Waals surface area (Å²) in [6, 6.07) is 12.7. The molecule has 42 heavy (non-hydrogen) atoms. The van der Waals surface area contributed by atoms with Crippen molar-refractivity contribution < 1.29 is 19.1 Å². The van der Waals surface area contributed by atoms with E-state index in [1.807, 2.05) is 56.4 Å². The van der Waals surface area contributed by atoms with Gasteiger partial charge in [-0.25, -0.2) is 9.97 Å². The minimum absolute atomic E-state index is 0.216. The Kier molecular flexibility index (Phi) is 10.1. The number of nitrogens with zero attached hydrogens (tertiary/aromatic N) is 5. The van der Waals surface area contributed by atoms with Crippen LogP contribution in [0.25, 0.3) is 0 Å². The molecule has 0 radical (unpaired) electrons. The van der Waals surface area contributed by atoms with Gasteiger partial charge in [0.15, 0.2) is 0 Å². The molecule has 0 saturated carbocycles. The molecule has 1 aliphatic rings. The molecule has 0 spiro atoms. The van der Waals surface area contributed by atoms with Crippen molar-refractivity contribution in [1.29, 1.82) is 0 Å². The van der Waals surface area contributed by atoms with E-state index in [2.05, 4.69) is 37.0 Å². The lowest BCUT2D eigenvalue weighted by atomic mass is 10.1. The summed E-state index contributed by atoms with van der Waals surface area (Å²) < 4.78 is 11.1. The number of carbonyl (C=O) groups excluding carboxylic acids is 2. The molecular formula is C31H39N7O4. The van der Waals surface area contributed by atoms with E-state index >= 15 is 0 Å². The molecule has 1 aromatic heterocycles. The fourth-order valence-electron chi connectivity index (χ4n) is 4.70. The van der Waals surface area contributed by atoms with Crippen LogP contribution in [-0.4, -0.2) is 94.2 Å². The van der Waals surface area contributed by atoms with E-state index in [0.29, 0.717) is 22.7 Å². The number of ketones is 1. The second-order valence-electron chi connectivity index (χ2n) is 10.3. The maximum atomic E-state index is 13.3. The van der Waals surface area contributed by atoms with E-state index in [9.17, 15) is 9.59 Å². The molecule has 0 bridgehead atoms. The highest BCUT2D eigenvalue weighted by Crippen LogP contribution is 2.38. The summed E-state index contributed by atoms with van der Waals surface area (Å²) >= 11 is 0. The molecule has 1 amide bonds. The van der Waals surface area contributed by atoms with Gasteiger partial charge >= 0.3 is 0 Å². The Labute approximate surface area is 247 Å². The first-order valence-corrected chi connectivity index (χ1v) is 13.8. The molecule has 0 aliphatic carbocycles. The second kappa shape index (κ2) is 13.9. The predicted octanol–water partition coefficient (Wildman–Crippen LogP) is 3.81. The standard InChI is InChI=1S/C31H39N7O4/c1-7-29(39)33-25-18-26(28(42-6)19-27(25)37(4)17-16-36(2)3)35-31-32-14-12-24(34-31)30(40)21-8-10-22(11-9-21)38-15-13-23(20-38)41-5/h7-12,14,18-19,23H,1,13,15-17,20H2,2-6H3,(H,33,39)(H,32,34,35). The Hall–Kier alpha value is -4.48. The summed E-state index contributed by atoms with van der Waals surface area (Å²) in [5.74, 6) is 0.179. The molecule has 11 nitrogen and oxygen atoms in total. The van der Waals surface area contributed by atoms with Crippen LogP contribution in [0.15, 0.2) is 61.3 Å². The SMILES string of the molecule is C=CC(=O)Nc1cc(Nc2nccc(C(=O)c3ccc(N4CCC(OC)C4)cc3)n2)c(OC)cc1N(C)CCN(C)C. The van der Waals surface area contributed by atoms with E-state index < -0.39 is 0 Å². The number of hydrogen-bond donors (Lipinski definition) is 2. The average molecular weight is 574 g/mol. The summed E-state index contributed by atoms with van der Waals surface area (Å²) in [7, 11) is 9.25. The van der Waals surface area contributed by atoms with Gasteiger partial charge in [0.1, 0.15) is 11.4 Å². The third kappa shape index (κ3) is 7.42. The van der Waals surface area contributed by atoms with E-state index in [-0.39, 0.29) is 29.4 Å². The van der Waals surface area contributed by atoms with Crippen molar-refractivity contribution in [3.63, 3.8) is 0 Å². The molecule has 1 atom stereocenters. The number of methoxy groups -OCH3 is 2. The number of rotatable bonds is 13. The summed E-state index contributed by atoms with van der Waals surface area (Å²) in [4.78, 5) is 40.7. The second-order valence-corrected chi connectivity index (χ2v) is 10.3. The van der Waals surface area contributed by atoms with Crippen molar-refractivity contribution in [2.75, 3.05) is 82.0 Å². The van der Waals surface area contributed by atoms with Crippen molar-refractivity contribution in [3.8, 4) is 5.75 Å². The van der Waals surface area contributed by atoms with Crippen LogP contribution < -0.4 is 25.2 Å². The normalized spacial score (nSPS) is 14.5. The lowest BCUT2D eigenvalue weighted by Gasteiger charge is -2.26. The van der Waals surface area contributed by atoms with Crippen molar-refractivity contribution in [2.45, 2.75) is 12.5 Å². The van der Waals surface area contributed by atoms with Crippen LogP contribution >= 0.6 is 0 Å². The maximum Gasteiger partial charge on any atom is 0.247 e. The van der Waals surface area contributed by atoms with Gasteiger partial charge in [-0.1, -0.05) is 6.58 Å². The number of amides is 1. The number of hydrogen-bond acceptors (Lipinski definition) is 10. The van der Waals surface area contributed by atoms with Gasteiger partial charge in [0.2, 0.25) is 17.6 Å². The lowest BCUT2D eigenvalue weighted by molar-refractivity contribution is -0.111. The molecule has 1 fully saturated rings. The number of benzene rings is 2. The van der Waals surface area contributed by atoms with Gasteiger partial charge in [-0.3, -0.25) is 9.59 Å². The van der Waals surface area contributed by atoms with Crippen molar-refractivity contribution in [1.82, 2.24) is 14.9 Å². The smallest absolute Gasteiger partial charge is 0.247 e. The fourth-order valence-corrected chi connectivity index (χ4v) is 4.70. The Balaban J connectivity index is 1.56. The summed E-state index contributed by atoms with van der Waals surface area (Å²) in [5.41, 5.74) is 3.69. The monoisotopic (exact) mass is 573 g/mol. The Morgan fingerprint density at radius 1 is 1.10 bits per heavy atom. The van der Waals surface area contributed by atoms with Gasteiger partial charge in [-0.05, 0) is 63.0 Å². The van der Waals surface area contributed by atoms with Crippen LogP contribution in [0.3, 0.4) is 0 Å². The third-order valence-electron chi connectivity index (χ3n) is 7.16. The average Bonchev–Trinajstić information content (AvgIpc) is 3.49. The van der Waals surface area contributed by atoms with Crippen molar-refractivity contribution in [3.05, 3.63) is 72.6 Å². The van der Waals surface area contributed by atoms with Crippen LogP contribution in [0, 0.1) is 0 Å². The molecule has 1 unspecified atom stereocenters. The molecule has 222 valence electrons. The van der Waals surface area contributed by atoms with Gasteiger partial charge in [-0.15, -0.1) is 0 Å². The Bertz CT molecular complexity index is 1410. The zero-order valence-corrected chi connectivity index (χ0v) is 24.9. The van der Waals surface area contributed by atoms with Crippen molar-refractivity contribution >= 4 is 40.4 Å². The highest BCUT2D eigenvalue weighted by molar-refractivity contribution is 6.08. The predicted molar refractivity (Wildman–Crippen MR) is 166 cm³/mol. The first-order chi connectivity index (χ1) is 20.2. The van der Waals surface area contributed by atoms with Gasteiger partial charge in [0.25, 0.3) is 0 Å². The van der Waals surface area contributed by atoms with E-state index in [4.69, 9.17) is 9.47 Å². The van der Waals surface area contributed by atoms with E-state index in [0.717, 1.165) is 44.0 Å². The quantitative estimate of drug-likeness (QED) is 0.231. The number of ether oxygens (including phenoxy) is 2. The highest BCUT2D eigenvalue weighted by atomic mass is 16.5. The minimum Gasteiger partial charge on any atom is -0.494 e. The third-order valence-corrected chi connectivity index (χ3v) is 7.16. The highest BCUT2D eigenvalue weighted by Gasteiger charge is 2.23. The Morgan fingerprint density at radius 3 is 2.50 bits per heavy atom. The summed E-state index contributed by atoms with van der Waals surface area (Å²) in [6.07, 6.45) is 3.96. The number of likely N-dealkylation sites (N-methyl/N-ethyl adjacent to an activating group) is 2. The lowest BCUT2D eigenvalue weighted by Crippen LogP contribution is -2.29. The van der Waals surface area contributed by atoms with E-state index in [1.165, 1.54) is 12.3 Å². The van der Waals surface area contributed by atoms with Crippen LogP contribution in [0.4, 0.5) is 28.7 Å². The minimum atomic E-state index is -0.341. The zero-order valence-electron chi connectivity index (χ0n) is 24.9. The van der Waals surface area contributed by atoms with Gasteiger partial charge in [0, 0.05) is 63.9 Å². The first kappa shape index (κ1) is 30.5. The molecular weight excluding hydrogens is 534 g/mol. The van der Waals surface area contributed by atoms with Crippen LogP contribution in [-0.2, 0) is 9.53 Å². The number of aromatic nitrogens is 2. The molecule has 1 saturated heterocycles. The van der Waals surface area contributed by atoms with Gasteiger partial charge in [0.05, 0.1) is 30.3 Å². The molecule has 2 aromatic carbocycles. The van der Waals surface area contributed by atoms with Gasteiger partial charge in [-0.2, -0.15) is 0 Å². The molecule has 2 N–H and O–H groups in total. The summed E-state index contributed by atoms with van der Waals surface area (Å²) in [6.45, 7) is 6.86. The van der Waals surface area contributed by atoms with Crippen LogP contribution in [0.5, 0.6) is 5.75 Å². The molecule has 1 aliphatic heterocycles. The fraction of sp³-hybridized carbons (Fsp3) is 0.355. The topological polar surface area (TPSA) is 112 Å². The Morgan fingerprint density at radius 2 is 1.86 bits per heavy atom. The zero-order chi connectivity index (χ0) is 30.2. The number of nitrogens with one attached hydrogen (secondary N) is 2. The summed E-state index contributed by atoms with van der Waals surface area (Å²) in [5, 5.41) is 6.03. The first-order valence-electron chi connectivity index (χ1n) is 13.8. The number of carbonyl (C=O) groups is 2. The molecule has 3 aromatic rings. The van der Waals surface area contributed by atoms with Crippen LogP contribution in [0.2, 0.25) is 0 Å². The largest absolute Gasteiger partial charge is 0.494 e. The van der Waals surface area contributed by atoms with Crippen LogP contribution in [0.1, 0.15) is 22.5 Å². The van der Waals surface area contributed by atoms with Crippen molar-refractivity contribution in [2.24, 2.45) is 0 Å². The molecule has 2 heterocycles. The van der Waals surface area contributed by atoms with E-state index in [1.54, 1.807) is 26.4 Å². The molecule has 11 heteroatoms. The van der Waals surface area contributed by atoms with Gasteiger partial charge < -0.3 is 34.8 Å². The number of anilines is 5. The molecule has 4 rings (SSSR count). The maximum absolute atomic E-state index is 13.3.